The van der Waals surface area contributed by atoms with Gasteiger partial charge in [-0.05, 0) is 50.5 Å². The van der Waals surface area contributed by atoms with E-state index in [1.54, 1.807) is 11.0 Å². The number of ether oxygens (including phenoxy) is 2. The van der Waals surface area contributed by atoms with Crippen LogP contribution in [0.1, 0.15) is 32.3 Å². The van der Waals surface area contributed by atoms with Crippen LogP contribution in [-0.2, 0) is 9.59 Å². The van der Waals surface area contributed by atoms with Gasteiger partial charge in [-0.2, -0.15) is 0 Å². The maximum Gasteiger partial charge on any atom is 0.246 e. The zero-order valence-corrected chi connectivity index (χ0v) is 14.9. The van der Waals surface area contributed by atoms with Crippen molar-refractivity contribution in [2.24, 2.45) is 11.7 Å². The van der Waals surface area contributed by atoms with Gasteiger partial charge in [0.15, 0.2) is 11.5 Å². The number of nitrogens with two attached hydrogens (primary N) is 1. The molecule has 1 saturated heterocycles. The number of hydrogen-bond acceptors (Lipinski definition) is 4. The summed E-state index contributed by atoms with van der Waals surface area (Å²) in [5.74, 6) is 0.646. The van der Waals surface area contributed by atoms with Crippen molar-refractivity contribution in [1.29, 1.82) is 0 Å². The van der Waals surface area contributed by atoms with Crippen LogP contribution in [0.2, 0.25) is 0 Å². The van der Waals surface area contributed by atoms with Crippen LogP contribution >= 0.6 is 0 Å². The first-order chi connectivity index (χ1) is 12.0. The molecule has 136 valence electrons. The summed E-state index contributed by atoms with van der Waals surface area (Å²) in [6.07, 6.45) is 4.81. The third kappa shape index (κ3) is 5.24. The molecular formula is C19H26N2O4. The minimum Gasteiger partial charge on any atom is -0.490 e. The van der Waals surface area contributed by atoms with E-state index in [-0.39, 0.29) is 17.7 Å². The lowest BCUT2D eigenvalue weighted by molar-refractivity contribution is -0.130. The molecule has 0 spiro atoms. The Morgan fingerprint density at radius 1 is 1.24 bits per heavy atom. The first-order valence-corrected chi connectivity index (χ1v) is 8.71. The van der Waals surface area contributed by atoms with Gasteiger partial charge in [0, 0.05) is 19.2 Å². The summed E-state index contributed by atoms with van der Waals surface area (Å²) in [4.78, 5) is 25.4. The van der Waals surface area contributed by atoms with E-state index >= 15 is 0 Å². The standard InChI is InChI=1S/C19H26N2O4/c1-3-24-16-9-7-14(12-17(16)25-4-2)8-10-18(22)21-11-5-6-15(13-21)19(20)23/h7-10,12,15H,3-6,11,13H2,1-2H3,(H2,20,23). The molecule has 1 aliphatic rings. The van der Waals surface area contributed by atoms with E-state index in [2.05, 4.69) is 0 Å². The Morgan fingerprint density at radius 3 is 2.64 bits per heavy atom. The minimum absolute atomic E-state index is 0.113. The molecule has 1 aromatic carbocycles. The zero-order chi connectivity index (χ0) is 18.2. The Morgan fingerprint density at radius 2 is 1.96 bits per heavy atom. The van der Waals surface area contributed by atoms with Crippen LogP contribution < -0.4 is 15.2 Å². The van der Waals surface area contributed by atoms with E-state index in [1.807, 2.05) is 32.0 Å². The molecule has 0 radical (unpaired) electrons. The number of piperidine rings is 1. The number of benzene rings is 1. The van der Waals surface area contributed by atoms with Crippen LogP contribution in [0.25, 0.3) is 6.08 Å². The van der Waals surface area contributed by atoms with Crippen molar-refractivity contribution < 1.29 is 19.1 Å². The third-order valence-corrected chi connectivity index (χ3v) is 4.12. The number of likely N-dealkylation sites (tertiary alicyclic amines) is 1. The van der Waals surface area contributed by atoms with Crippen molar-refractivity contribution in [3.05, 3.63) is 29.8 Å². The molecule has 6 heteroatoms. The number of primary amides is 1. The number of carbonyl (C=O) groups excluding carboxylic acids is 2. The van der Waals surface area contributed by atoms with Crippen LogP contribution in [0.15, 0.2) is 24.3 Å². The largest absolute Gasteiger partial charge is 0.490 e. The monoisotopic (exact) mass is 346 g/mol. The molecule has 1 aliphatic heterocycles. The predicted molar refractivity (Wildman–Crippen MR) is 96.3 cm³/mol. The Balaban J connectivity index is 2.06. The maximum atomic E-state index is 12.4. The highest BCUT2D eigenvalue weighted by atomic mass is 16.5. The molecule has 2 rings (SSSR count). The van der Waals surface area contributed by atoms with Gasteiger partial charge in [-0.15, -0.1) is 0 Å². The van der Waals surface area contributed by atoms with Gasteiger partial charge in [0.1, 0.15) is 0 Å². The van der Waals surface area contributed by atoms with Crippen molar-refractivity contribution in [3.63, 3.8) is 0 Å². The molecule has 25 heavy (non-hydrogen) atoms. The summed E-state index contributed by atoms with van der Waals surface area (Å²) in [6, 6.07) is 5.56. The van der Waals surface area contributed by atoms with Gasteiger partial charge in [-0.1, -0.05) is 6.07 Å². The number of amides is 2. The highest BCUT2D eigenvalue weighted by Gasteiger charge is 2.25. The molecule has 0 aromatic heterocycles. The minimum atomic E-state index is -0.339. The summed E-state index contributed by atoms with van der Waals surface area (Å²) >= 11 is 0. The van der Waals surface area contributed by atoms with Crippen molar-refractivity contribution in [1.82, 2.24) is 4.90 Å². The Hall–Kier alpha value is -2.50. The SMILES string of the molecule is CCOc1ccc(C=CC(=O)N2CCCC(C(N)=O)C2)cc1OCC. The number of carbonyl (C=O) groups is 2. The zero-order valence-electron chi connectivity index (χ0n) is 14.9. The Labute approximate surface area is 148 Å². The predicted octanol–water partition coefficient (Wildman–Crippen LogP) is 2.22. The van der Waals surface area contributed by atoms with Gasteiger partial charge in [-0.25, -0.2) is 0 Å². The lowest BCUT2D eigenvalue weighted by Crippen LogP contribution is -2.43. The van der Waals surface area contributed by atoms with E-state index in [0.717, 1.165) is 18.4 Å². The van der Waals surface area contributed by atoms with Gasteiger partial charge < -0.3 is 20.1 Å². The summed E-state index contributed by atoms with van der Waals surface area (Å²) in [7, 11) is 0. The lowest BCUT2D eigenvalue weighted by atomic mass is 9.97. The molecule has 6 nitrogen and oxygen atoms in total. The molecule has 1 atom stereocenters. The second kappa shape index (κ2) is 9.11. The second-order valence-electron chi connectivity index (χ2n) is 5.93. The van der Waals surface area contributed by atoms with E-state index < -0.39 is 0 Å². The van der Waals surface area contributed by atoms with Crippen molar-refractivity contribution in [2.75, 3.05) is 26.3 Å². The van der Waals surface area contributed by atoms with Gasteiger partial charge in [0.05, 0.1) is 19.1 Å². The van der Waals surface area contributed by atoms with E-state index in [0.29, 0.717) is 37.8 Å². The molecule has 0 aliphatic carbocycles. The topological polar surface area (TPSA) is 81.9 Å². The number of rotatable bonds is 7. The van der Waals surface area contributed by atoms with Crippen LogP contribution in [0.3, 0.4) is 0 Å². The second-order valence-corrected chi connectivity index (χ2v) is 5.93. The summed E-state index contributed by atoms with van der Waals surface area (Å²) in [5.41, 5.74) is 6.21. The van der Waals surface area contributed by atoms with Crippen molar-refractivity contribution >= 4 is 17.9 Å². The van der Waals surface area contributed by atoms with E-state index in [9.17, 15) is 9.59 Å². The van der Waals surface area contributed by atoms with Crippen LogP contribution in [0.4, 0.5) is 0 Å². The molecular weight excluding hydrogens is 320 g/mol. The molecule has 1 fully saturated rings. The van der Waals surface area contributed by atoms with Crippen LogP contribution in [-0.4, -0.2) is 43.0 Å². The fourth-order valence-corrected chi connectivity index (χ4v) is 2.85. The normalized spacial score (nSPS) is 17.5. The fourth-order valence-electron chi connectivity index (χ4n) is 2.85. The number of nitrogens with zero attached hydrogens (tertiary/aromatic N) is 1. The first-order valence-electron chi connectivity index (χ1n) is 8.71. The van der Waals surface area contributed by atoms with Gasteiger partial charge in [0.2, 0.25) is 11.8 Å². The molecule has 2 N–H and O–H groups in total. The maximum absolute atomic E-state index is 12.4. The average molecular weight is 346 g/mol. The average Bonchev–Trinajstić information content (AvgIpc) is 2.62. The third-order valence-electron chi connectivity index (χ3n) is 4.12. The smallest absolute Gasteiger partial charge is 0.246 e. The molecule has 1 aromatic rings. The Bertz CT molecular complexity index is 642. The highest BCUT2D eigenvalue weighted by molar-refractivity contribution is 5.92. The molecule has 0 bridgehead atoms. The fraction of sp³-hybridized carbons (Fsp3) is 0.474. The quantitative estimate of drug-likeness (QED) is 0.768. The van der Waals surface area contributed by atoms with Gasteiger partial charge in [0.25, 0.3) is 0 Å². The molecule has 2 amide bonds. The van der Waals surface area contributed by atoms with Gasteiger partial charge in [-0.3, -0.25) is 9.59 Å². The van der Waals surface area contributed by atoms with Crippen molar-refractivity contribution in [2.45, 2.75) is 26.7 Å². The van der Waals surface area contributed by atoms with Crippen LogP contribution in [0.5, 0.6) is 11.5 Å². The Kier molecular flexibility index (Phi) is 6.86. The van der Waals surface area contributed by atoms with Crippen LogP contribution in [0, 0.1) is 5.92 Å². The first kappa shape index (κ1) is 18.8. The lowest BCUT2D eigenvalue weighted by Gasteiger charge is -2.30. The highest BCUT2D eigenvalue weighted by Crippen LogP contribution is 2.29. The van der Waals surface area contributed by atoms with Crippen molar-refractivity contribution in [3.8, 4) is 11.5 Å². The van der Waals surface area contributed by atoms with E-state index in [4.69, 9.17) is 15.2 Å². The summed E-state index contributed by atoms with van der Waals surface area (Å²) in [6.45, 7) is 5.97. The molecule has 0 saturated carbocycles. The molecule has 1 unspecified atom stereocenters. The summed E-state index contributed by atoms with van der Waals surface area (Å²) < 4.78 is 11.1. The number of hydrogen-bond donors (Lipinski definition) is 1. The molecule has 1 heterocycles. The van der Waals surface area contributed by atoms with Gasteiger partial charge >= 0.3 is 0 Å². The summed E-state index contributed by atoms with van der Waals surface area (Å²) in [5, 5.41) is 0. The van der Waals surface area contributed by atoms with E-state index in [1.165, 1.54) is 6.08 Å².